The third kappa shape index (κ3) is 3.52. The van der Waals surface area contributed by atoms with Crippen molar-refractivity contribution in [3.63, 3.8) is 0 Å². The van der Waals surface area contributed by atoms with Crippen LogP contribution in [0.2, 0.25) is 0 Å². The molecule has 3 heterocycles. The number of sulfonamides is 1. The summed E-state index contributed by atoms with van der Waals surface area (Å²) in [4.78, 5) is 28.3. The molecule has 0 spiro atoms. The normalized spacial score (nSPS) is 15.9. The van der Waals surface area contributed by atoms with Gasteiger partial charge in [-0.25, -0.2) is 8.42 Å². The van der Waals surface area contributed by atoms with Crippen molar-refractivity contribution >= 4 is 32.3 Å². The fourth-order valence-corrected chi connectivity index (χ4v) is 4.65. The van der Waals surface area contributed by atoms with E-state index in [2.05, 4.69) is 4.98 Å². The minimum absolute atomic E-state index is 0.0962. The fourth-order valence-electron chi connectivity index (χ4n) is 2.48. The Morgan fingerprint density at radius 3 is 2.48 bits per heavy atom. The molecule has 0 radical (unpaired) electrons. The zero-order chi connectivity index (χ0) is 18.0. The first-order valence-electron chi connectivity index (χ1n) is 7.33. The van der Waals surface area contributed by atoms with Crippen molar-refractivity contribution in [2.45, 2.75) is 4.90 Å². The number of pyridine rings is 1. The van der Waals surface area contributed by atoms with Gasteiger partial charge in [-0.05, 0) is 18.2 Å². The molecule has 0 unspecified atom stereocenters. The largest absolute Gasteiger partial charge is 0.335 e. The Balaban J connectivity index is 1.67. The number of hydrogen-bond donors (Lipinski definition) is 0. The molecule has 25 heavy (non-hydrogen) atoms. The summed E-state index contributed by atoms with van der Waals surface area (Å²) in [5, 5.41) is 10.6. The topological polar surface area (TPSA) is 114 Å². The predicted octanol–water partition coefficient (Wildman–Crippen LogP) is 1.20. The van der Waals surface area contributed by atoms with Crippen molar-refractivity contribution in [3.05, 3.63) is 51.7 Å². The van der Waals surface area contributed by atoms with Gasteiger partial charge in [-0.2, -0.15) is 4.31 Å². The van der Waals surface area contributed by atoms with Gasteiger partial charge in [0.1, 0.15) is 4.90 Å². The highest BCUT2D eigenvalue weighted by Gasteiger charge is 2.31. The number of thiophene rings is 1. The van der Waals surface area contributed by atoms with Crippen LogP contribution in [0.25, 0.3) is 0 Å². The van der Waals surface area contributed by atoms with Gasteiger partial charge in [-0.15, -0.1) is 0 Å². The number of amides is 1. The zero-order valence-corrected chi connectivity index (χ0v) is 14.6. The average molecular weight is 382 g/mol. The molecule has 2 aromatic heterocycles. The lowest BCUT2D eigenvalue weighted by Crippen LogP contribution is -2.50. The van der Waals surface area contributed by atoms with E-state index in [4.69, 9.17) is 0 Å². The van der Waals surface area contributed by atoms with E-state index >= 15 is 0 Å². The van der Waals surface area contributed by atoms with Crippen molar-refractivity contribution in [3.8, 4) is 0 Å². The van der Waals surface area contributed by atoms with Crippen molar-refractivity contribution in [2.75, 3.05) is 26.2 Å². The van der Waals surface area contributed by atoms with Crippen LogP contribution >= 0.6 is 11.3 Å². The molecule has 9 nitrogen and oxygen atoms in total. The number of nitro groups is 1. The van der Waals surface area contributed by atoms with E-state index in [1.54, 1.807) is 6.07 Å². The van der Waals surface area contributed by atoms with Gasteiger partial charge in [-0.3, -0.25) is 19.9 Å². The molecule has 1 fully saturated rings. The van der Waals surface area contributed by atoms with Gasteiger partial charge in [0.05, 0.1) is 9.80 Å². The molecular weight excluding hydrogens is 368 g/mol. The SMILES string of the molecule is O=C(c1ccc([N+](=O)[O-])s1)N1CCN(S(=O)(=O)c2cccnc2)CC1. The molecule has 1 amide bonds. The van der Waals surface area contributed by atoms with Crippen LogP contribution in [0.1, 0.15) is 9.67 Å². The van der Waals surface area contributed by atoms with E-state index in [0.717, 1.165) is 11.3 Å². The van der Waals surface area contributed by atoms with Crippen LogP contribution in [0.3, 0.4) is 0 Å². The van der Waals surface area contributed by atoms with Gasteiger partial charge in [0.25, 0.3) is 5.91 Å². The molecule has 11 heteroatoms. The van der Waals surface area contributed by atoms with Crippen LogP contribution in [0.15, 0.2) is 41.6 Å². The van der Waals surface area contributed by atoms with Crippen molar-refractivity contribution in [1.82, 2.24) is 14.2 Å². The summed E-state index contributed by atoms with van der Waals surface area (Å²) in [5.41, 5.74) is 0. The van der Waals surface area contributed by atoms with E-state index in [1.807, 2.05) is 0 Å². The Morgan fingerprint density at radius 2 is 1.92 bits per heavy atom. The van der Waals surface area contributed by atoms with Crippen molar-refractivity contribution in [2.24, 2.45) is 0 Å². The number of carbonyl (C=O) groups excluding carboxylic acids is 1. The molecule has 0 saturated carbocycles. The van der Waals surface area contributed by atoms with E-state index in [0.29, 0.717) is 0 Å². The van der Waals surface area contributed by atoms with Crippen LogP contribution < -0.4 is 0 Å². The minimum atomic E-state index is -3.64. The second kappa shape index (κ2) is 6.86. The summed E-state index contributed by atoms with van der Waals surface area (Å²) in [6.45, 7) is 0.779. The number of carbonyl (C=O) groups is 1. The van der Waals surface area contributed by atoms with Gasteiger partial charge in [-0.1, -0.05) is 11.3 Å². The third-order valence-electron chi connectivity index (χ3n) is 3.78. The van der Waals surface area contributed by atoms with Gasteiger partial charge in [0.2, 0.25) is 10.0 Å². The van der Waals surface area contributed by atoms with Gasteiger partial charge >= 0.3 is 5.00 Å². The summed E-state index contributed by atoms with van der Waals surface area (Å²) >= 11 is 0.816. The standard InChI is InChI=1S/C14H14N4O5S2/c19-14(12-3-4-13(24-12)18(20)21)16-6-8-17(9-7-16)25(22,23)11-2-1-5-15-10-11/h1-5,10H,6-9H2. The molecule has 0 atom stereocenters. The van der Waals surface area contributed by atoms with E-state index in [-0.39, 0.29) is 46.9 Å². The smallest absolute Gasteiger partial charge is 0.324 e. The lowest BCUT2D eigenvalue weighted by atomic mass is 10.3. The van der Waals surface area contributed by atoms with E-state index < -0.39 is 14.9 Å². The van der Waals surface area contributed by atoms with Gasteiger partial charge in [0, 0.05) is 44.6 Å². The summed E-state index contributed by atoms with van der Waals surface area (Å²) in [7, 11) is -3.64. The first-order valence-corrected chi connectivity index (χ1v) is 9.59. The van der Waals surface area contributed by atoms with Crippen LogP contribution in [-0.2, 0) is 10.0 Å². The number of aromatic nitrogens is 1. The maximum absolute atomic E-state index is 12.5. The predicted molar refractivity (Wildman–Crippen MR) is 89.9 cm³/mol. The maximum atomic E-state index is 12.5. The van der Waals surface area contributed by atoms with Gasteiger partial charge < -0.3 is 4.90 Å². The van der Waals surface area contributed by atoms with Crippen LogP contribution in [-0.4, -0.2) is 59.6 Å². The minimum Gasteiger partial charge on any atom is -0.335 e. The summed E-state index contributed by atoms with van der Waals surface area (Å²) in [5.74, 6) is -0.323. The molecular formula is C14H14N4O5S2. The summed E-state index contributed by atoms with van der Waals surface area (Å²) < 4.78 is 26.4. The Bertz CT molecular complexity index is 889. The Kier molecular flexibility index (Phi) is 4.79. The molecule has 0 aromatic carbocycles. The van der Waals surface area contributed by atoms with Crippen molar-refractivity contribution in [1.29, 1.82) is 0 Å². The molecule has 0 aliphatic carbocycles. The molecule has 1 saturated heterocycles. The third-order valence-corrected chi connectivity index (χ3v) is 6.69. The number of piperazine rings is 1. The van der Waals surface area contributed by atoms with Crippen molar-refractivity contribution < 1.29 is 18.1 Å². The lowest BCUT2D eigenvalue weighted by molar-refractivity contribution is -0.380. The first kappa shape index (κ1) is 17.5. The monoisotopic (exact) mass is 382 g/mol. The Morgan fingerprint density at radius 1 is 1.20 bits per heavy atom. The maximum Gasteiger partial charge on any atom is 0.324 e. The first-order chi connectivity index (χ1) is 11.9. The van der Waals surface area contributed by atoms with E-state index in [1.165, 1.54) is 39.8 Å². The zero-order valence-electron chi connectivity index (χ0n) is 12.9. The molecule has 132 valence electrons. The molecule has 2 aromatic rings. The molecule has 1 aliphatic rings. The molecule has 3 rings (SSSR count). The summed E-state index contributed by atoms with van der Waals surface area (Å²) in [6.07, 6.45) is 2.79. The van der Waals surface area contributed by atoms with E-state index in [9.17, 15) is 23.3 Å². The average Bonchev–Trinajstić information content (AvgIpc) is 3.12. The number of hydrogen-bond acceptors (Lipinski definition) is 7. The second-order valence-corrected chi connectivity index (χ2v) is 8.28. The fraction of sp³-hybridized carbons (Fsp3) is 0.286. The van der Waals surface area contributed by atoms with Crippen LogP contribution in [0.5, 0.6) is 0 Å². The van der Waals surface area contributed by atoms with Crippen LogP contribution in [0.4, 0.5) is 5.00 Å². The lowest BCUT2D eigenvalue weighted by Gasteiger charge is -2.33. The molecule has 0 N–H and O–H groups in total. The Labute approximate surface area is 147 Å². The molecule has 0 bridgehead atoms. The highest BCUT2D eigenvalue weighted by Crippen LogP contribution is 2.26. The Hall–Kier alpha value is -2.37. The summed E-state index contributed by atoms with van der Waals surface area (Å²) in [6, 6.07) is 5.74. The van der Waals surface area contributed by atoms with Crippen LogP contribution in [0, 0.1) is 10.1 Å². The highest BCUT2D eigenvalue weighted by atomic mass is 32.2. The number of rotatable bonds is 4. The molecule has 1 aliphatic heterocycles. The number of nitrogens with zero attached hydrogens (tertiary/aromatic N) is 4. The second-order valence-electron chi connectivity index (χ2n) is 5.28. The highest BCUT2D eigenvalue weighted by molar-refractivity contribution is 7.89. The quantitative estimate of drug-likeness (QED) is 0.580. The van der Waals surface area contributed by atoms with Gasteiger partial charge in [0.15, 0.2) is 0 Å².